The van der Waals surface area contributed by atoms with E-state index >= 15 is 4.39 Å². The highest BCUT2D eigenvalue weighted by molar-refractivity contribution is 5.87. The summed E-state index contributed by atoms with van der Waals surface area (Å²) < 4.78 is 32.0. The van der Waals surface area contributed by atoms with Gasteiger partial charge in [-0.1, -0.05) is 39.8 Å². The second-order valence-corrected chi connectivity index (χ2v) is 19.5. The molecule has 2 aromatic heterocycles. The molecule has 1 aliphatic carbocycles. The molecule has 1 saturated carbocycles. The van der Waals surface area contributed by atoms with E-state index in [1.54, 1.807) is 12.1 Å². The van der Waals surface area contributed by atoms with Crippen LogP contribution >= 0.6 is 0 Å². The van der Waals surface area contributed by atoms with Gasteiger partial charge in [-0.05, 0) is 124 Å². The molecule has 68 heavy (non-hydrogen) atoms. The number of fused-ring (bicyclic) bond motifs is 2. The maximum absolute atomic E-state index is 16.2. The van der Waals surface area contributed by atoms with E-state index < -0.39 is 30.1 Å². The zero-order valence-electron chi connectivity index (χ0n) is 39.8. The first-order valence-corrected chi connectivity index (χ1v) is 24.3. The van der Waals surface area contributed by atoms with E-state index in [1.165, 1.54) is 14.2 Å². The molecular formula is C51H64FN9O7. The summed E-state index contributed by atoms with van der Waals surface area (Å²) in [6.45, 7) is 8.70. The molecule has 4 amide bonds. The van der Waals surface area contributed by atoms with Crippen LogP contribution in [-0.4, -0.2) is 99.2 Å². The summed E-state index contributed by atoms with van der Waals surface area (Å²) in [5.41, 5.74) is 6.06. The zero-order valence-corrected chi connectivity index (χ0v) is 39.8. The third kappa shape index (κ3) is 9.27. The highest BCUT2D eigenvalue weighted by Crippen LogP contribution is 2.49. The molecule has 0 bridgehead atoms. The van der Waals surface area contributed by atoms with Crippen molar-refractivity contribution in [3.05, 3.63) is 83.2 Å². The lowest BCUT2D eigenvalue weighted by Crippen LogP contribution is -2.51. The standard InChI is InChI=1S/C51H64FN9O7/c1-28(2)44(57-50(64)66-5)48(62)59-23-9-13-41(59)46-53-35-18-15-30(25-37(35)55-46)39-20-21-40(61(39)32-17-22-43(34(52)27-32)68-33-11-7-8-12-33)31-16-19-36-38(26-31)56-47(54-36)42-14-10-24-60(42)49(63)45(29(3)4)58-51(65)67-6/h15-19,22,25-29,33,39-42,44-45H,7-14,20-21,23-24H2,1-6H3,(H,53,55)(H,54,56)(H,57,64)(H,58,65)/t39-,40-,41+,42+,44+,45?/m1/s1. The number of nitrogens with one attached hydrogen (secondary N) is 4. The summed E-state index contributed by atoms with van der Waals surface area (Å²) in [4.78, 5) is 75.2. The summed E-state index contributed by atoms with van der Waals surface area (Å²) in [5, 5.41) is 5.45. The molecule has 17 heteroatoms. The van der Waals surface area contributed by atoms with Gasteiger partial charge in [0.05, 0.1) is 66.6 Å². The Balaban J connectivity index is 1.01. The molecule has 4 aliphatic rings. The van der Waals surface area contributed by atoms with Gasteiger partial charge in [0.1, 0.15) is 23.7 Å². The largest absolute Gasteiger partial charge is 0.487 e. The second-order valence-electron chi connectivity index (χ2n) is 19.5. The van der Waals surface area contributed by atoms with Gasteiger partial charge in [0.25, 0.3) is 0 Å². The molecule has 3 aromatic carbocycles. The highest BCUT2D eigenvalue weighted by atomic mass is 19.1. The Kier molecular flexibility index (Phi) is 13.5. The molecule has 362 valence electrons. The van der Waals surface area contributed by atoms with Crippen LogP contribution in [0.5, 0.6) is 5.75 Å². The van der Waals surface area contributed by atoms with Gasteiger partial charge in [0.15, 0.2) is 11.6 Å². The first kappa shape index (κ1) is 46.7. The maximum Gasteiger partial charge on any atom is 0.407 e. The number of nitrogens with zero attached hydrogens (tertiary/aromatic N) is 5. The first-order valence-electron chi connectivity index (χ1n) is 24.3. The number of anilines is 1. The molecule has 0 spiro atoms. The topological polar surface area (TPSA) is 187 Å². The third-order valence-electron chi connectivity index (χ3n) is 14.5. The van der Waals surface area contributed by atoms with Crippen LogP contribution in [0.2, 0.25) is 0 Å². The molecule has 1 unspecified atom stereocenters. The molecule has 3 saturated heterocycles. The van der Waals surface area contributed by atoms with Crippen molar-refractivity contribution >= 4 is 51.8 Å². The van der Waals surface area contributed by atoms with Crippen LogP contribution in [0.25, 0.3) is 22.1 Å². The predicted molar refractivity (Wildman–Crippen MR) is 254 cm³/mol. The number of carbonyl (C=O) groups is 4. The molecular weight excluding hydrogens is 870 g/mol. The highest BCUT2D eigenvalue weighted by Gasteiger charge is 2.41. The van der Waals surface area contributed by atoms with Crippen molar-refractivity contribution in [2.45, 2.75) is 134 Å². The third-order valence-corrected chi connectivity index (χ3v) is 14.5. The predicted octanol–water partition coefficient (Wildman–Crippen LogP) is 9.07. The fourth-order valence-electron chi connectivity index (χ4n) is 11.0. The lowest BCUT2D eigenvalue weighted by molar-refractivity contribution is -0.136. The number of H-pyrrole nitrogens is 2. The lowest BCUT2D eigenvalue weighted by atomic mass is 10.0. The van der Waals surface area contributed by atoms with Crippen LogP contribution in [0.4, 0.5) is 19.7 Å². The minimum atomic E-state index is -0.737. The molecule has 0 radical (unpaired) electrons. The summed E-state index contributed by atoms with van der Waals surface area (Å²) >= 11 is 0. The Labute approximate surface area is 396 Å². The Morgan fingerprint density at radius 3 is 1.56 bits per heavy atom. The van der Waals surface area contributed by atoms with E-state index in [-0.39, 0.29) is 59.7 Å². The molecule has 5 aromatic rings. The number of benzene rings is 3. The monoisotopic (exact) mass is 933 g/mol. The Bertz CT molecular complexity index is 2510. The van der Waals surface area contributed by atoms with E-state index in [2.05, 4.69) is 49.8 Å². The van der Waals surface area contributed by atoms with Gasteiger partial charge >= 0.3 is 12.2 Å². The number of rotatable bonds is 13. The van der Waals surface area contributed by atoms with E-state index in [0.29, 0.717) is 24.7 Å². The van der Waals surface area contributed by atoms with Gasteiger partial charge in [-0.2, -0.15) is 0 Å². The van der Waals surface area contributed by atoms with Crippen LogP contribution in [0.1, 0.15) is 139 Å². The SMILES string of the molecule is COC(=O)NC(C(=O)N1CCC[C@H]1c1nc2ccc([C@H]3CC[C@H](c4ccc5nc([C@@H]6CCCN6C(=O)[C@@H](NC(=O)OC)C(C)C)[nH]c5c4)N3c3ccc(OC4CCCC4)c(F)c3)cc2[nH]1)C(C)C. The number of carbonyl (C=O) groups excluding carboxylic acids is 4. The minimum Gasteiger partial charge on any atom is -0.487 e. The van der Waals surface area contributed by atoms with Crippen molar-refractivity contribution < 1.29 is 37.8 Å². The molecule has 6 atom stereocenters. The minimum absolute atomic E-state index is 0.0184. The van der Waals surface area contributed by atoms with Gasteiger partial charge in [-0.15, -0.1) is 0 Å². The number of ether oxygens (including phenoxy) is 3. The van der Waals surface area contributed by atoms with Crippen molar-refractivity contribution in [1.29, 1.82) is 0 Å². The molecule has 9 rings (SSSR count). The first-order chi connectivity index (χ1) is 32.8. The number of alkyl carbamates (subject to hydrolysis) is 2. The van der Waals surface area contributed by atoms with Gasteiger partial charge in [-0.3, -0.25) is 9.59 Å². The van der Waals surface area contributed by atoms with Gasteiger partial charge in [0.2, 0.25) is 11.8 Å². The van der Waals surface area contributed by atoms with E-state index in [1.807, 2.05) is 55.7 Å². The second kappa shape index (κ2) is 19.7. The molecule has 16 nitrogen and oxygen atoms in total. The number of halogens is 1. The van der Waals surface area contributed by atoms with Crippen molar-refractivity contribution in [1.82, 2.24) is 40.4 Å². The number of amides is 4. The van der Waals surface area contributed by atoms with Crippen molar-refractivity contribution in [3.63, 3.8) is 0 Å². The summed E-state index contributed by atoms with van der Waals surface area (Å²) in [7, 11) is 2.57. The van der Waals surface area contributed by atoms with Crippen LogP contribution in [0.3, 0.4) is 0 Å². The summed E-state index contributed by atoms with van der Waals surface area (Å²) in [6, 6.07) is 15.5. The molecule has 4 N–H and O–H groups in total. The van der Waals surface area contributed by atoms with E-state index in [0.717, 1.165) is 103 Å². The van der Waals surface area contributed by atoms with E-state index in [4.69, 9.17) is 24.2 Å². The number of aromatic nitrogens is 4. The Morgan fingerprint density at radius 2 is 1.12 bits per heavy atom. The molecule has 3 aliphatic heterocycles. The van der Waals surface area contributed by atoms with Crippen molar-refractivity contribution in [2.75, 3.05) is 32.2 Å². The number of imidazole rings is 2. The number of aromatic amines is 2. The van der Waals surface area contributed by atoms with E-state index in [9.17, 15) is 19.2 Å². The maximum atomic E-state index is 16.2. The fourth-order valence-corrected chi connectivity index (χ4v) is 11.0. The number of hydrogen-bond donors (Lipinski definition) is 4. The van der Waals surface area contributed by atoms with Crippen LogP contribution < -0.4 is 20.3 Å². The quantitative estimate of drug-likeness (QED) is 0.0887. The number of likely N-dealkylation sites (tertiary alicyclic amines) is 2. The zero-order chi connectivity index (χ0) is 47.8. The van der Waals surface area contributed by atoms with Gasteiger partial charge < -0.3 is 49.5 Å². The average Bonchev–Trinajstić information content (AvgIpc) is 4.20. The normalized spacial score (nSPS) is 21.9. The Hall–Kier alpha value is -6.39. The smallest absolute Gasteiger partial charge is 0.407 e. The van der Waals surface area contributed by atoms with Crippen LogP contribution in [-0.2, 0) is 19.1 Å². The Morgan fingerprint density at radius 1 is 0.632 bits per heavy atom. The van der Waals surface area contributed by atoms with Crippen molar-refractivity contribution in [2.24, 2.45) is 11.8 Å². The number of hydrogen-bond acceptors (Lipinski definition) is 10. The fraction of sp³-hybridized carbons (Fsp3) is 0.529. The number of methoxy groups -OCH3 is 2. The van der Waals surface area contributed by atoms with Gasteiger partial charge in [-0.25, -0.2) is 23.9 Å². The average molecular weight is 934 g/mol. The molecule has 4 fully saturated rings. The summed E-state index contributed by atoms with van der Waals surface area (Å²) in [5.74, 6) is 0.632. The van der Waals surface area contributed by atoms with Gasteiger partial charge in [0, 0.05) is 24.8 Å². The van der Waals surface area contributed by atoms with Crippen molar-refractivity contribution in [3.8, 4) is 5.75 Å². The lowest BCUT2D eigenvalue weighted by Gasteiger charge is -2.33. The summed E-state index contributed by atoms with van der Waals surface area (Å²) in [6.07, 6.45) is 7.40. The van der Waals surface area contributed by atoms with Crippen LogP contribution in [0.15, 0.2) is 54.6 Å². The van der Waals surface area contributed by atoms with Crippen LogP contribution in [0, 0.1) is 17.7 Å². The molecule has 5 heterocycles.